The number of para-hydroxylation sites is 2. The highest BCUT2D eigenvalue weighted by molar-refractivity contribution is 7.99. The second-order valence-corrected chi connectivity index (χ2v) is 6.91. The van der Waals surface area contributed by atoms with Crippen molar-refractivity contribution in [3.8, 4) is 6.07 Å². The molecular formula is C16H13F3N6OS. The number of fused-ring (bicyclic) bond motifs is 1. The molecule has 1 unspecified atom stereocenters. The minimum absolute atomic E-state index is 0.0386. The molecule has 2 aromatic heterocycles. The van der Waals surface area contributed by atoms with E-state index >= 15 is 0 Å². The van der Waals surface area contributed by atoms with Crippen LogP contribution in [-0.2, 0) is 13.2 Å². The van der Waals surface area contributed by atoms with Gasteiger partial charge in [0.05, 0.1) is 16.3 Å². The fourth-order valence-corrected chi connectivity index (χ4v) is 3.26. The van der Waals surface area contributed by atoms with Crippen molar-refractivity contribution in [2.75, 3.05) is 0 Å². The Bertz CT molecular complexity index is 1030. The van der Waals surface area contributed by atoms with Gasteiger partial charge in [-0.05, 0) is 19.1 Å². The van der Waals surface area contributed by atoms with E-state index in [1.165, 1.54) is 7.05 Å². The first-order valence-electron chi connectivity index (χ1n) is 7.64. The molecule has 0 aliphatic heterocycles. The molecule has 0 saturated heterocycles. The number of nitrogens with one attached hydrogen (secondary N) is 1. The second-order valence-electron chi connectivity index (χ2n) is 5.60. The predicted octanol–water partition coefficient (Wildman–Crippen LogP) is 3.68. The first-order chi connectivity index (χ1) is 12.7. The topological polar surface area (TPSA) is 103 Å². The van der Waals surface area contributed by atoms with Gasteiger partial charge in [0.1, 0.15) is 17.4 Å². The van der Waals surface area contributed by atoms with E-state index in [9.17, 15) is 23.5 Å². The van der Waals surface area contributed by atoms with E-state index in [4.69, 9.17) is 0 Å². The summed E-state index contributed by atoms with van der Waals surface area (Å²) in [5.41, 5.74) is 1.22. The molecule has 0 amide bonds. The van der Waals surface area contributed by atoms with Gasteiger partial charge in [-0.1, -0.05) is 23.9 Å². The third-order valence-electron chi connectivity index (χ3n) is 3.75. The summed E-state index contributed by atoms with van der Waals surface area (Å²) < 4.78 is 39.2. The summed E-state index contributed by atoms with van der Waals surface area (Å²) in [7, 11) is 1.18. The van der Waals surface area contributed by atoms with Gasteiger partial charge < -0.3 is 14.7 Å². The number of aromatic nitrogens is 5. The van der Waals surface area contributed by atoms with Gasteiger partial charge in [0.25, 0.3) is 0 Å². The number of aliphatic hydroxyl groups excluding tert-OH is 1. The van der Waals surface area contributed by atoms with Gasteiger partial charge >= 0.3 is 6.18 Å². The van der Waals surface area contributed by atoms with Crippen molar-refractivity contribution in [2.24, 2.45) is 7.05 Å². The molecule has 7 nitrogen and oxygen atoms in total. The van der Waals surface area contributed by atoms with Gasteiger partial charge in [-0.15, -0.1) is 10.2 Å². The van der Waals surface area contributed by atoms with Crippen LogP contribution in [-0.4, -0.2) is 35.1 Å². The largest absolute Gasteiger partial charge is 0.510 e. The van der Waals surface area contributed by atoms with Gasteiger partial charge in [0.15, 0.2) is 11.0 Å². The fraction of sp³-hybridized carbons (Fsp3) is 0.250. The van der Waals surface area contributed by atoms with Crippen LogP contribution in [0.15, 0.2) is 35.2 Å². The normalized spacial score (nSPS) is 14.1. The summed E-state index contributed by atoms with van der Waals surface area (Å²) in [5.74, 6) is -1.28. The summed E-state index contributed by atoms with van der Waals surface area (Å²) in [6.07, 6.45) is -4.63. The lowest BCUT2D eigenvalue weighted by Gasteiger charge is -2.12. The SMILES string of the molecule is CC(Sc1nnc(C(F)(F)F)n1C)/C(O)=C(\C#N)c1nc2ccccc2[nH]1. The molecule has 3 rings (SSSR count). The number of allylic oxidation sites excluding steroid dienone is 1. The summed E-state index contributed by atoms with van der Waals surface area (Å²) in [4.78, 5) is 7.20. The third kappa shape index (κ3) is 3.61. The van der Waals surface area contributed by atoms with Crippen LogP contribution >= 0.6 is 11.8 Å². The Kier molecular flexibility index (Phi) is 4.84. The number of rotatable bonds is 4. The Hall–Kier alpha value is -3.00. The fourth-order valence-electron chi connectivity index (χ4n) is 2.38. The lowest BCUT2D eigenvalue weighted by atomic mass is 10.2. The molecule has 1 atom stereocenters. The Morgan fingerprint density at radius 2 is 2.04 bits per heavy atom. The van der Waals surface area contributed by atoms with Crippen LogP contribution in [0.3, 0.4) is 0 Å². The van der Waals surface area contributed by atoms with Crippen LogP contribution in [0.1, 0.15) is 18.6 Å². The molecule has 3 aromatic rings. The maximum atomic E-state index is 12.8. The van der Waals surface area contributed by atoms with E-state index in [1.54, 1.807) is 31.2 Å². The molecule has 0 saturated carbocycles. The Morgan fingerprint density at radius 3 is 2.63 bits per heavy atom. The summed E-state index contributed by atoms with van der Waals surface area (Å²) >= 11 is 0.849. The van der Waals surface area contributed by atoms with E-state index in [0.29, 0.717) is 11.0 Å². The summed E-state index contributed by atoms with van der Waals surface area (Å²) in [6.45, 7) is 1.54. The molecule has 140 valence electrons. The highest BCUT2D eigenvalue weighted by Crippen LogP contribution is 2.33. The van der Waals surface area contributed by atoms with Gasteiger partial charge in [0, 0.05) is 7.05 Å². The second kappa shape index (κ2) is 6.96. The number of nitrogens with zero attached hydrogens (tertiary/aromatic N) is 5. The van der Waals surface area contributed by atoms with Crippen LogP contribution in [0.5, 0.6) is 0 Å². The molecule has 11 heteroatoms. The van der Waals surface area contributed by atoms with Gasteiger partial charge in [-0.2, -0.15) is 18.4 Å². The van der Waals surface area contributed by atoms with Gasteiger partial charge in [0.2, 0.25) is 5.82 Å². The van der Waals surface area contributed by atoms with Crippen molar-refractivity contribution in [1.29, 1.82) is 5.26 Å². The number of imidazole rings is 1. The summed E-state index contributed by atoms with van der Waals surface area (Å²) in [5, 5.41) is 25.8. The molecule has 27 heavy (non-hydrogen) atoms. The highest BCUT2D eigenvalue weighted by atomic mass is 32.2. The van der Waals surface area contributed by atoms with E-state index in [2.05, 4.69) is 20.2 Å². The quantitative estimate of drug-likeness (QED) is 0.397. The lowest BCUT2D eigenvalue weighted by Crippen LogP contribution is -2.13. The molecule has 0 aliphatic carbocycles. The van der Waals surface area contributed by atoms with Crippen LogP contribution in [0.25, 0.3) is 16.6 Å². The zero-order chi connectivity index (χ0) is 19.8. The number of aromatic amines is 1. The van der Waals surface area contributed by atoms with Crippen LogP contribution in [0.2, 0.25) is 0 Å². The predicted molar refractivity (Wildman–Crippen MR) is 92.6 cm³/mol. The highest BCUT2D eigenvalue weighted by Gasteiger charge is 2.37. The standard InChI is InChI=1S/C16H13F3N6OS/c1-8(27-15-24-23-14(25(15)2)16(17,18)19)12(26)9(7-20)13-21-10-5-3-4-6-11(10)22-13/h3-6,8,26H,1-2H3,(H,21,22)/b12-9-. The molecule has 2 N–H and O–H groups in total. The maximum Gasteiger partial charge on any atom is 0.451 e. The Morgan fingerprint density at radius 1 is 1.33 bits per heavy atom. The number of thioether (sulfide) groups is 1. The molecule has 0 fully saturated rings. The van der Waals surface area contributed by atoms with Crippen molar-refractivity contribution in [1.82, 2.24) is 24.7 Å². The minimum atomic E-state index is -4.63. The third-order valence-corrected chi connectivity index (χ3v) is 4.89. The van der Waals surface area contributed by atoms with Crippen LogP contribution < -0.4 is 0 Å². The lowest BCUT2D eigenvalue weighted by molar-refractivity contribution is -0.147. The van der Waals surface area contributed by atoms with E-state index in [-0.39, 0.29) is 22.3 Å². The molecular weight excluding hydrogens is 381 g/mol. The smallest absolute Gasteiger partial charge is 0.451 e. The number of hydrogen-bond acceptors (Lipinski definition) is 6. The van der Waals surface area contributed by atoms with E-state index in [0.717, 1.165) is 16.3 Å². The zero-order valence-electron chi connectivity index (χ0n) is 14.1. The average Bonchev–Trinajstić information content (AvgIpc) is 3.19. The van der Waals surface area contributed by atoms with Gasteiger partial charge in [-0.25, -0.2) is 4.98 Å². The monoisotopic (exact) mass is 394 g/mol. The van der Waals surface area contributed by atoms with E-state index in [1.807, 2.05) is 6.07 Å². The first kappa shape index (κ1) is 18.8. The molecule has 0 spiro atoms. The van der Waals surface area contributed by atoms with Crippen molar-refractivity contribution in [3.05, 3.63) is 41.7 Å². The van der Waals surface area contributed by atoms with Crippen molar-refractivity contribution in [2.45, 2.75) is 23.5 Å². The average molecular weight is 394 g/mol. The number of alkyl halides is 3. The number of aliphatic hydroxyl groups is 1. The first-order valence-corrected chi connectivity index (χ1v) is 8.52. The maximum absolute atomic E-state index is 12.8. The van der Waals surface area contributed by atoms with Crippen molar-refractivity contribution in [3.63, 3.8) is 0 Å². The minimum Gasteiger partial charge on any atom is -0.510 e. The molecule has 2 heterocycles. The van der Waals surface area contributed by atoms with Gasteiger partial charge in [-0.3, -0.25) is 0 Å². The number of benzene rings is 1. The number of halogens is 3. The molecule has 0 bridgehead atoms. The van der Waals surface area contributed by atoms with Crippen molar-refractivity contribution < 1.29 is 18.3 Å². The Labute approximate surface area is 155 Å². The molecule has 0 radical (unpaired) electrons. The number of H-pyrrole nitrogens is 1. The van der Waals surface area contributed by atoms with Crippen LogP contribution in [0, 0.1) is 11.3 Å². The van der Waals surface area contributed by atoms with Crippen molar-refractivity contribution >= 4 is 28.4 Å². The number of hydrogen-bond donors (Lipinski definition) is 2. The number of nitriles is 1. The zero-order valence-corrected chi connectivity index (χ0v) is 14.9. The van der Waals surface area contributed by atoms with E-state index < -0.39 is 17.3 Å². The molecule has 1 aromatic carbocycles. The molecule has 0 aliphatic rings. The Balaban J connectivity index is 1.91. The summed E-state index contributed by atoms with van der Waals surface area (Å²) in [6, 6.07) is 8.99. The van der Waals surface area contributed by atoms with Crippen LogP contribution in [0.4, 0.5) is 13.2 Å².